The van der Waals surface area contributed by atoms with Crippen molar-refractivity contribution >= 4 is 45.2 Å². The first kappa shape index (κ1) is 27.1. The smallest absolute Gasteiger partial charge is 0.255 e. The predicted molar refractivity (Wildman–Crippen MR) is 152 cm³/mol. The number of nitrogens with one attached hydrogen (secondary N) is 2. The van der Waals surface area contributed by atoms with Gasteiger partial charge in [0, 0.05) is 17.1 Å². The molecule has 0 bridgehead atoms. The van der Waals surface area contributed by atoms with Gasteiger partial charge in [-0.3, -0.25) is 4.79 Å². The molecule has 1 aromatic heterocycles. The Hall–Kier alpha value is -2.98. The van der Waals surface area contributed by atoms with Crippen LogP contribution in [0.1, 0.15) is 49.9 Å². The van der Waals surface area contributed by atoms with Crippen molar-refractivity contribution in [2.45, 2.75) is 52.2 Å². The minimum Gasteiger partial charge on any atom is -0.493 e. The highest BCUT2D eigenvalue weighted by Crippen LogP contribution is 2.43. The van der Waals surface area contributed by atoms with Crippen LogP contribution in [0.25, 0.3) is 0 Å². The molecule has 1 aliphatic rings. The van der Waals surface area contributed by atoms with Crippen LogP contribution in [0, 0.1) is 13.8 Å². The molecular formula is C27H32BrN5O3S. The summed E-state index contributed by atoms with van der Waals surface area (Å²) in [5, 5.41) is 11.9. The van der Waals surface area contributed by atoms with E-state index in [4.69, 9.17) is 19.6 Å². The fraction of sp³-hybridized carbons (Fsp3) is 0.370. The number of aromatic nitrogens is 3. The summed E-state index contributed by atoms with van der Waals surface area (Å²) in [6.45, 7) is 10.5. The molecule has 2 aromatic carbocycles. The van der Waals surface area contributed by atoms with E-state index in [1.165, 1.54) is 0 Å². The molecule has 0 fully saturated rings. The summed E-state index contributed by atoms with van der Waals surface area (Å²) in [7, 11) is 1.60. The highest BCUT2D eigenvalue weighted by atomic mass is 79.9. The fourth-order valence-electron chi connectivity index (χ4n) is 4.25. The monoisotopic (exact) mass is 585 g/mol. The van der Waals surface area contributed by atoms with Crippen LogP contribution < -0.4 is 20.1 Å². The van der Waals surface area contributed by atoms with Crippen molar-refractivity contribution < 1.29 is 14.3 Å². The lowest BCUT2D eigenvalue weighted by molar-refractivity contribution is -0.113. The Bertz CT molecular complexity index is 1350. The van der Waals surface area contributed by atoms with E-state index >= 15 is 0 Å². The van der Waals surface area contributed by atoms with Crippen LogP contribution in [0.3, 0.4) is 0 Å². The average Bonchev–Trinajstić information content (AvgIpc) is 3.27. The fourth-order valence-corrected chi connectivity index (χ4v) is 5.50. The number of thioether (sulfide) groups is 1. The van der Waals surface area contributed by atoms with Gasteiger partial charge in [-0.2, -0.15) is 4.98 Å². The molecule has 0 spiro atoms. The van der Waals surface area contributed by atoms with Crippen molar-refractivity contribution in [1.82, 2.24) is 14.8 Å². The second-order valence-corrected chi connectivity index (χ2v) is 10.7. The van der Waals surface area contributed by atoms with Gasteiger partial charge >= 0.3 is 0 Å². The van der Waals surface area contributed by atoms with Gasteiger partial charge in [-0.25, -0.2) is 4.68 Å². The maximum atomic E-state index is 13.9. The predicted octanol–water partition coefficient (Wildman–Crippen LogP) is 6.49. The molecule has 2 N–H and O–H groups in total. The first-order valence-corrected chi connectivity index (χ1v) is 14.0. The third-order valence-corrected chi connectivity index (χ3v) is 7.85. The lowest BCUT2D eigenvalue weighted by atomic mass is 9.94. The van der Waals surface area contributed by atoms with E-state index in [0.717, 1.165) is 39.0 Å². The highest BCUT2D eigenvalue weighted by Gasteiger charge is 2.35. The van der Waals surface area contributed by atoms with Crippen molar-refractivity contribution in [1.29, 1.82) is 0 Å². The molecule has 1 atom stereocenters. The Balaban J connectivity index is 1.84. The van der Waals surface area contributed by atoms with Crippen LogP contribution in [0.2, 0.25) is 0 Å². The SMILES string of the molecule is CCCSc1nc2n(n1)C(c1cc(Br)c(OCC)c(OC)c1)C(C(=O)Nc1cccc(C)c1C)=C(C)N2. The molecule has 0 aliphatic carbocycles. The van der Waals surface area contributed by atoms with Gasteiger partial charge in [0.15, 0.2) is 11.5 Å². The van der Waals surface area contributed by atoms with Gasteiger partial charge in [-0.15, -0.1) is 5.10 Å². The number of halogens is 1. The lowest BCUT2D eigenvalue weighted by Gasteiger charge is -2.29. The Morgan fingerprint density at radius 3 is 2.73 bits per heavy atom. The lowest BCUT2D eigenvalue weighted by Crippen LogP contribution is -2.31. The highest BCUT2D eigenvalue weighted by molar-refractivity contribution is 9.10. The maximum Gasteiger partial charge on any atom is 0.255 e. The summed E-state index contributed by atoms with van der Waals surface area (Å²) in [5.41, 5.74) is 4.99. The number of rotatable bonds is 9. The summed E-state index contributed by atoms with van der Waals surface area (Å²) in [6.07, 6.45) is 1.01. The summed E-state index contributed by atoms with van der Waals surface area (Å²) in [6, 6.07) is 9.20. The van der Waals surface area contributed by atoms with Crippen LogP contribution in [-0.4, -0.2) is 40.1 Å². The molecule has 1 aliphatic heterocycles. The molecular weight excluding hydrogens is 554 g/mol. The van der Waals surface area contributed by atoms with Gasteiger partial charge in [0.05, 0.1) is 23.8 Å². The van der Waals surface area contributed by atoms with Crippen molar-refractivity contribution in [3.05, 3.63) is 62.8 Å². The first-order chi connectivity index (χ1) is 17.8. The molecule has 10 heteroatoms. The molecule has 3 aromatic rings. The third kappa shape index (κ3) is 5.50. The molecule has 196 valence electrons. The zero-order chi connectivity index (χ0) is 26.7. The van der Waals surface area contributed by atoms with Gasteiger partial charge in [0.25, 0.3) is 5.91 Å². The number of amides is 1. The Morgan fingerprint density at radius 2 is 2.03 bits per heavy atom. The molecule has 1 unspecified atom stereocenters. The third-order valence-electron chi connectivity index (χ3n) is 6.22. The van der Waals surface area contributed by atoms with Crippen molar-refractivity contribution in [2.75, 3.05) is 30.1 Å². The molecule has 1 amide bonds. The van der Waals surface area contributed by atoms with E-state index in [9.17, 15) is 4.79 Å². The Labute approximate surface area is 230 Å². The van der Waals surface area contributed by atoms with Crippen LogP contribution in [0.5, 0.6) is 11.5 Å². The number of carbonyl (C=O) groups is 1. The Kier molecular flexibility index (Phi) is 8.49. The van der Waals surface area contributed by atoms with Gasteiger partial charge in [-0.1, -0.05) is 30.8 Å². The van der Waals surface area contributed by atoms with Crippen LogP contribution in [0.4, 0.5) is 11.6 Å². The van der Waals surface area contributed by atoms with Gasteiger partial charge in [0.2, 0.25) is 11.1 Å². The quantitative estimate of drug-likeness (QED) is 0.277. The normalized spacial score (nSPS) is 14.7. The number of methoxy groups -OCH3 is 1. The number of nitrogens with zero attached hydrogens (tertiary/aromatic N) is 3. The molecule has 4 rings (SSSR count). The average molecular weight is 587 g/mol. The number of hydrogen-bond acceptors (Lipinski definition) is 7. The van der Waals surface area contributed by atoms with E-state index in [1.807, 2.05) is 58.0 Å². The summed E-state index contributed by atoms with van der Waals surface area (Å²) in [5.74, 6) is 2.47. The van der Waals surface area contributed by atoms with E-state index < -0.39 is 6.04 Å². The first-order valence-electron chi connectivity index (χ1n) is 12.2. The number of hydrogen-bond donors (Lipinski definition) is 2. The second-order valence-electron chi connectivity index (χ2n) is 8.75. The number of aryl methyl sites for hydroxylation is 1. The molecule has 8 nitrogen and oxygen atoms in total. The minimum absolute atomic E-state index is 0.211. The van der Waals surface area contributed by atoms with E-state index in [2.05, 4.69) is 33.5 Å². The van der Waals surface area contributed by atoms with E-state index in [1.54, 1.807) is 23.6 Å². The topological polar surface area (TPSA) is 90.3 Å². The number of carbonyl (C=O) groups excluding carboxylic acids is 1. The molecule has 0 saturated heterocycles. The largest absolute Gasteiger partial charge is 0.493 e. The molecule has 0 radical (unpaired) electrons. The van der Waals surface area contributed by atoms with Crippen molar-refractivity contribution in [3.8, 4) is 11.5 Å². The minimum atomic E-state index is -0.536. The molecule has 2 heterocycles. The summed E-state index contributed by atoms with van der Waals surface area (Å²) < 4.78 is 14.0. The zero-order valence-electron chi connectivity index (χ0n) is 21.9. The number of anilines is 2. The van der Waals surface area contributed by atoms with Crippen LogP contribution in [0.15, 0.2) is 51.2 Å². The van der Waals surface area contributed by atoms with Crippen molar-refractivity contribution in [2.24, 2.45) is 0 Å². The Morgan fingerprint density at radius 1 is 1.24 bits per heavy atom. The standard InChI is InChI=1S/C27H32BrN5O3S/c1-7-12-37-27-31-26-29-17(5)22(25(34)30-20-11-9-10-15(3)16(20)4)23(33(26)32-27)18-13-19(28)24(36-8-2)21(14-18)35-6/h9-11,13-14,23H,7-8,12H2,1-6H3,(H,30,34)(H,29,31,32). The number of ether oxygens (including phenoxy) is 2. The number of fused-ring (bicyclic) bond motifs is 1. The van der Waals surface area contributed by atoms with Crippen LogP contribution >= 0.6 is 27.7 Å². The van der Waals surface area contributed by atoms with Crippen molar-refractivity contribution in [3.63, 3.8) is 0 Å². The molecule has 37 heavy (non-hydrogen) atoms. The second kappa shape index (κ2) is 11.6. The number of benzene rings is 2. The zero-order valence-corrected chi connectivity index (χ0v) is 24.3. The summed E-state index contributed by atoms with van der Waals surface area (Å²) in [4.78, 5) is 18.6. The maximum absolute atomic E-state index is 13.9. The molecule has 0 saturated carbocycles. The van der Waals surface area contributed by atoms with Gasteiger partial charge in [-0.05, 0) is 84.9 Å². The van der Waals surface area contributed by atoms with E-state index in [-0.39, 0.29) is 5.91 Å². The number of allylic oxidation sites excluding steroid dienone is 1. The van der Waals surface area contributed by atoms with Gasteiger partial charge < -0.3 is 20.1 Å². The van der Waals surface area contributed by atoms with Gasteiger partial charge in [0.1, 0.15) is 6.04 Å². The summed E-state index contributed by atoms with van der Waals surface area (Å²) >= 11 is 5.23. The van der Waals surface area contributed by atoms with Crippen LogP contribution in [-0.2, 0) is 4.79 Å². The van der Waals surface area contributed by atoms with E-state index in [0.29, 0.717) is 40.5 Å².